The number of amides is 1. The maximum atomic E-state index is 13.3. The van der Waals surface area contributed by atoms with Gasteiger partial charge in [0.05, 0.1) is 0 Å². The lowest BCUT2D eigenvalue weighted by Crippen LogP contribution is -2.21. The third kappa shape index (κ3) is 2.85. The first kappa shape index (κ1) is 13.8. The minimum atomic E-state index is -1.11. The SMILES string of the molecule is Cc1c(F)cccc1NC(=O)Cn1cccc1C(=O)O. The van der Waals surface area contributed by atoms with Gasteiger partial charge < -0.3 is 15.0 Å². The number of nitrogens with zero attached hydrogens (tertiary/aromatic N) is 1. The third-order valence-electron chi connectivity index (χ3n) is 2.90. The molecule has 2 aromatic rings. The number of benzene rings is 1. The van der Waals surface area contributed by atoms with Crippen molar-refractivity contribution < 1.29 is 19.1 Å². The van der Waals surface area contributed by atoms with Crippen molar-refractivity contribution in [2.45, 2.75) is 13.5 Å². The van der Waals surface area contributed by atoms with Crippen LogP contribution < -0.4 is 5.32 Å². The van der Waals surface area contributed by atoms with Gasteiger partial charge >= 0.3 is 5.97 Å². The Morgan fingerprint density at radius 3 is 2.75 bits per heavy atom. The third-order valence-corrected chi connectivity index (χ3v) is 2.90. The van der Waals surface area contributed by atoms with Gasteiger partial charge in [-0.25, -0.2) is 9.18 Å². The van der Waals surface area contributed by atoms with Gasteiger partial charge in [-0.1, -0.05) is 6.07 Å². The molecule has 20 heavy (non-hydrogen) atoms. The zero-order valence-corrected chi connectivity index (χ0v) is 10.8. The van der Waals surface area contributed by atoms with Gasteiger partial charge in [-0.05, 0) is 31.2 Å². The Hall–Kier alpha value is -2.63. The first-order chi connectivity index (χ1) is 9.49. The summed E-state index contributed by atoms with van der Waals surface area (Å²) in [5.41, 5.74) is 0.738. The van der Waals surface area contributed by atoms with Gasteiger partial charge in [-0.15, -0.1) is 0 Å². The lowest BCUT2D eigenvalue weighted by molar-refractivity contribution is -0.116. The van der Waals surface area contributed by atoms with Crippen LogP contribution in [-0.4, -0.2) is 21.6 Å². The van der Waals surface area contributed by atoms with Crippen molar-refractivity contribution in [1.82, 2.24) is 4.57 Å². The van der Waals surface area contributed by atoms with Crippen molar-refractivity contribution in [3.05, 3.63) is 53.6 Å². The number of nitrogens with one attached hydrogen (secondary N) is 1. The smallest absolute Gasteiger partial charge is 0.352 e. The number of halogens is 1. The molecule has 0 fully saturated rings. The molecule has 0 spiro atoms. The van der Waals surface area contributed by atoms with Crippen molar-refractivity contribution in [2.75, 3.05) is 5.32 Å². The van der Waals surface area contributed by atoms with E-state index in [0.717, 1.165) is 0 Å². The average molecular weight is 276 g/mol. The fourth-order valence-electron chi connectivity index (χ4n) is 1.83. The molecule has 0 aliphatic heterocycles. The lowest BCUT2D eigenvalue weighted by Gasteiger charge is -2.10. The zero-order valence-electron chi connectivity index (χ0n) is 10.8. The van der Waals surface area contributed by atoms with Crippen LogP contribution in [0, 0.1) is 12.7 Å². The number of hydrogen-bond donors (Lipinski definition) is 2. The minimum absolute atomic E-state index is 0.0242. The van der Waals surface area contributed by atoms with E-state index in [2.05, 4.69) is 5.32 Å². The second-order valence-corrected chi connectivity index (χ2v) is 4.29. The molecular formula is C14H13FN2O3. The van der Waals surface area contributed by atoms with Crippen LogP contribution in [0.3, 0.4) is 0 Å². The summed E-state index contributed by atoms with van der Waals surface area (Å²) in [5.74, 6) is -1.93. The highest BCUT2D eigenvalue weighted by molar-refractivity contribution is 5.92. The number of carboxylic acid groups (broad SMARTS) is 1. The van der Waals surface area contributed by atoms with Gasteiger partial charge in [-0.2, -0.15) is 0 Å². The summed E-state index contributed by atoms with van der Waals surface area (Å²) >= 11 is 0. The molecule has 1 aromatic heterocycles. The molecule has 0 radical (unpaired) electrons. The summed E-state index contributed by atoms with van der Waals surface area (Å²) in [6, 6.07) is 7.34. The number of aromatic nitrogens is 1. The molecule has 0 unspecified atom stereocenters. The molecule has 5 nitrogen and oxygen atoms in total. The van der Waals surface area contributed by atoms with Crippen LogP contribution in [0.5, 0.6) is 0 Å². The van der Waals surface area contributed by atoms with E-state index < -0.39 is 17.7 Å². The van der Waals surface area contributed by atoms with E-state index in [1.807, 2.05) is 0 Å². The first-order valence-corrected chi connectivity index (χ1v) is 5.92. The number of hydrogen-bond acceptors (Lipinski definition) is 2. The van der Waals surface area contributed by atoms with Gasteiger partial charge in [0.1, 0.15) is 18.1 Å². The minimum Gasteiger partial charge on any atom is -0.477 e. The molecule has 6 heteroatoms. The molecule has 0 saturated carbocycles. The number of aromatic carboxylic acids is 1. The van der Waals surface area contributed by atoms with Gasteiger partial charge in [0, 0.05) is 17.4 Å². The predicted molar refractivity (Wildman–Crippen MR) is 71.2 cm³/mol. The van der Waals surface area contributed by atoms with E-state index in [1.165, 1.54) is 29.0 Å². The number of rotatable bonds is 4. The van der Waals surface area contributed by atoms with Crippen LogP contribution in [-0.2, 0) is 11.3 Å². The molecular weight excluding hydrogens is 263 g/mol. The number of carbonyl (C=O) groups is 2. The molecule has 2 rings (SSSR count). The first-order valence-electron chi connectivity index (χ1n) is 5.92. The molecule has 2 N–H and O–H groups in total. The number of carbonyl (C=O) groups excluding carboxylic acids is 1. The normalized spacial score (nSPS) is 10.3. The Morgan fingerprint density at radius 1 is 1.30 bits per heavy atom. The quantitative estimate of drug-likeness (QED) is 0.899. The van der Waals surface area contributed by atoms with Crippen LogP contribution in [0.2, 0.25) is 0 Å². The molecule has 0 aliphatic carbocycles. The van der Waals surface area contributed by atoms with Crippen molar-refractivity contribution in [3.63, 3.8) is 0 Å². The predicted octanol–water partition coefficient (Wildman–Crippen LogP) is 2.27. The van der Waals surface area contributed by atoms with E-state index in [4.69, 9.17) is 5.11 Å². The van der Waals surface area contributed by atoms with Crippen molar-refractivity contribution in [1.29, 1.82) is 0 Å². The fraction of sp³-hybridized carbons (Fsp3) is 0.143. The number of carboxylic acids is 1. The topological polar surface area (TPSA) is 71.3 Å². The fourth-order valence-corrected chi connectivity index (χ4v) is 1.83. The van der Waals surface area contributed by atoms with Crippen LogP contribution >= 0.6 is 0 Å². The summed E-state index contributed by atoms with van der Waals surface area (Å²) in [7, 11) is 0. The lowest BCUT2D eigenvalue weighted by atomic mass is 10.2. The molecule has 1 aromatic carbocycles. The second kappa shape index (κ2) is 5.56. The maximum Gasteiger partial charge on any atom is 0.352 e. The van der Waals surface area contributed by atoms with E-state index >= 15 is 0 Å². The highest BCUT2D eigenvalue weighted by Gasteiger charge is 2.12. The summed E-state index contributed by atoms with van der Waals surface area (Å²) in [6.45, 7) is 1.41. The van der Waals surface area contributed by atoms with Crippen LogP contribution in [0.1, 0.15) is 16.1 Å². The van der Waals surface area contributed by atoms with Crippen LogP contribution in [0.25, 0.3) is 0 Å². The highest BCUT2D eigenvalue weighted by atomic mass is 19.1. The standard InChI is InChI=1S/C14H13FN2O3/c1-9-10(15)4-2-5-11(9)16-13(18)8-17-7-3-6-12(17)14(19)20/h2-7H,8H2,1H3,(H,16,18)(H,19,20). The Balaban J connectivity index is 2.11. The monoisotopic (exact) mass is 276 g/mol. The average Bonchev–Trinajstić information content (AvgIpc) is 2.83. The molecule has 104 valence electrons. The van der Waals surface area contributed by atoms with Crippen molar-refractivity contribution in [2.24, 2.45) is 0 Å². The maximum absolute atomic E-state index is 13.3. The van der Waals surface area contributed by atoms with E-state index in [9.17, 15) is 14.0 Å². The highest BCUT2D eigenvalue weighted by Crippen LogP contribution is 2.17. The summed E-state index contributed by atoms with van der Waals surface area (Å²) in [4.78, 5) is 22.8. The molecule has 0 saturated heterocycles. The summed E-state index contributed by atoms with van der Waals surface area (Å²) in [6.07, 6.45) is 1.50. The summed E-state index contributed by atoms with van der Waals surface area (Å²) in [5, 5.41) is 11.5. The van der Waals surface area contributed by atoms with Gasteiger partial charge in [-0.3, -0.25) is 4.79 Å². The summed E-state index contributed by atoms with van der Waals surface area (Å²) < 4.78 is 14.7. The Morgan fingerprint density at radius 2 is 2.05 bits per heavy atom. The van der Waals surface area contributed by atoms with E-state index in [0.29, 0.717) is 11.3 Å². The van der Waals surface area contributed by atoms with Crippen molar-refractivity contribution >= 4 is 17.6 Å². The zero-order chi connectivity index (χ0) is 14.7. The largest absolute Gasteiger partial charge is 0.477 e. The Kier molecular flexibility index (Phi) is 3.84. The molecule has 1 heterocycles. The van der Waals surface area contributed by atoms with Gasteiger partial charge in [0.25, 0.3) is 0 Å². The van der Waals surface area contributed by atoms with Gasteiger partial charge in [0.2, 0.25) is 5.91 Å². The van der Waals surface area contributed by atoms with Crippen LogP contribution in [0.15, 0.2) is 36.5 Å². The Labute approximate surface area is 114 Å². The van der Waals surface area contributed by atoms with Gasteiger partial charge in [0.15, 0.2) is 0 Å². The second-order valence-electron chi connectivity index (χ2n) is 4.29. The van der Waals surface area contributed by atoms with E-state index in [-0.39, 0.29) is 12.2 Å². The van der Waals surface area contributed by atoms with Crippen LogP contribution in [0.4, 0.5) is 10.1 Å². The Bertz CT molecular complexity index is 664. The van der Waals surface area contributed by atoms with E-state index in [1.54, 1.807) is 19.1 Å². The molecule has 0 atom stereocenters. The molecule has 1 amide bonds. The molecule has 0 bridgehead atoms. The van der Waals surface area contributed by atoms with Crippen molar-refractivity contribution in [3.8, 4) is 0 Å². The molecule has 0 aliphatic rings. The number of anilines is 1.